The molecule has 0 aromatic carbocycles. The van der Waals surface area contributed by atoms with E-state index in [1.54, 1.807) is 0 Å². The van der Waals surface area contributed by atoms with Crippen molar-refractivity contribution in [1.82, 2.24) is 0 Å². The molecule has 2 heteroatoms. The van der Waals surface area contributed by atoms with Gasteiger partial charge in [-0.1, -0.05) is 33.3 Å². The van der Waals surface area contributed by atoms with E-state index in [1.165, 1.54) is 7.11 Å². The van der Waals surface area contributed by atoms with Gasteiger partial charge in [0.05, 0.1) is 7.11 Å². The number of hydrogen-bond donors (Lipinski definition) is 0. The Morgan fingerprint density at radius 3 is 2.25 bits per heavy atom. The molecule has 0 fully saturated rings. The molecule has 0 spiro atoms. The number of ether oxygens (including phenoxy) is 1. The summed E-state index contributed by atoms with van der Waals surface area (Å²) in [4.78, 5) is 11.0. The molecular formula is C10H18O2. The van der Waals surface area contributed by atoms with E-state index in [2.05, 4.69) is 25.2 Å². The molecule has 0 aromatic rings. The minimum atomic E-state index is -0.276. The Bertz CT molecular complexity index is 157. The van der Waals surface area contributed by atoms with Crippen LogP contribution in [-0.4, -0.2) is 13.1 Å². The molecule has 0 radical (unpaired) electrons. The number of esters is 1. The van der Waals surface area contributed by atoms with Gasteiger partial charge in [0.15, 0.2) is 0 Å². The van der Waals surface area contributed by atoms with Crippen molar-refractivity contribution in [1.29, 1.82) is 0 Å². The second kappa shape index (κ2) is 5.81. The summed E-state index contributed by atoms with van der Waals surface area (Å²) in [5.41, 5.74) is 0.589. The fourth-order valence-corrected chi connectivity index (χ4v) is 1.15. The Morgan fingerprint density at radius 1 is 1.42 bits per heavy atom. The van der Waals surface area contributed by atoms with E-state index in [1.807, 2.05) is 0 Å². The van der Waals surface area contributed by atoms with E-state index in [4.69, 9.17) is 0 Å². The van der Waals surface area contributed by atoms with Crippen molar-refractivity contribution in [3.63, 3.8) is 0 Å². The second-order valence-corrected chi connectivity index (χ2v) is 2.98. The summed E-state index contributed by atoms with van der Waals surface area (Å²) < 4.78 is 4.56. The molecule has 2 nitrogen and oxygen atoms in total. The van der Waals surface area contributed by atoms with Gasteiger partial charge in [-0.05, 0) is 12.3 Å². The van der Waals surface area contributed by atoms with Gasteiger partial charge in [0, 0.05) is 5.57 Å². The van der Waals surface area contributed by atoms with Crippen molar-refractivity contribution in [2.75, 3.05) is 7.11 Å². The van der Waals surface area contributed by atoms with E-state index >= 15 is 0 Å². The third-order valence-corrected chi connectivity index (χ3v) is 2.16. The zero-order valence-corrected chi connectivity index (χ0v) is 8.22. The first kappa shape index (κ1) is 11.2. The molecule has 0 heterocycles. The fraction of sp³-hybridized carbons (Fsp3) is 0.700. The van der Waals surface area contributed by atoms with Crippen LogP contribution in [0.5, 0.6) is 0 Å². The quantitative estimate of drug-likeness (QED) is 0.468. The Hall–Kier alpha value is -0.790. The normalized spacial score (nSPS) is 10.0. The zero-order chi connectivity index (χ0) is 9.56. The second-order valence-electron chi connectivity index (χ2n) is 2.98. The lowest BCUT2D eigenvalue weighted by atomic mass is 9.95. The summed E-state index contributed by atoms with van der Waals surface area (Å²) in [5.74, 6) is 0.290. The van der Waals surface area contributed by atoms with Gasteiger partial charge >= 0.3 is 5.97 Å². The van der Waals surface area contributed by atoms with Crippen LogP contribution in [0.15, 0.2) is 12.2 Å². The molecule has 12 heavy (non-hydrogen) atoms. The molecule has 0 aromatic heterocycles. The average Bonchev–Trinajstić information content (AvgIpc) is 2.12. The number of methoxy groups -OCH3 is 1. The van der Waals surface area contributed by atoms with Crippen molar-refractivity contribution in [2.24, 2.45) is 5.92 Å². The molecule has 0 bridgehead atoms. The van der Waals surface area contributed by atoms with Crippen LogP contribution in [0.25, 0.3) is 0 Å². The third-order valence-electron chi connectivity index (χ3n) is 2.16. The first-order valence-electron chi connectivity index (χ1n) is 4.41. The molecule has 0 saturated heterocycles. The summed E-state index contributed by atoms with van der Waals surface area (Å²) in [6.07, 6.45) is 2.94. The standard InChI is InChI=1S/C10H18O2/c1-5-9(6-2)7-8(3)10(11)12-4/h9H,3,5-7H2,1-2,4H3. The maximum Gasteiger partial charge on any atom is 0.333 e. The molecule has 0 aliphatic rings. The van der Waals surface area contributed by atoms with Gasteiger partial charge in [0.25, 0.3) is 0 Å². The van der Waals surface area contributed by atoms with Crippen LogP contribution in [0, 0.1) is 5.92 Å². The van der Waals surface area contributed by atoms with Gasteiger partial charge in [0.2, 0.25) is 0 Å². The molecule has 0 N–H and O–H groups in total. The lowest BCUT2D eigenvalue weighted by Gasteiger charge is -2.12. The Labute approximate surface area is 74.6 Å². The van der Waals surface area contributed by atoms with E-state index in [9.17, 15) is 4.79 Å². The van der Waals surface area contributed by atoms with Crippen LogP contribution in [0.3, 0.4) is 0 Å². The highest BCUT2D eigenvalue weighted by molar-refractivity contribution is 5.87. The molecular weight excluding hydrogens is 152 g/mol. The maximum absolute atomic E-state index is 11.0. The number of rotatable bonds is 5. The van der Waals surface area contributed by atoms with Crippen molar-refractivity contribution in [3.8, 4) is 0 Å². The molecule has 0 atom stereocenters. The minimum absolute atomic E-state index is 0.276. The van der Waals surface area contributed by atoms with Crippen LogP contribution in [0.2, 0.25) is 0 Å². The monoisotopic (exact) mass is 170 g/mol. The SMILES string of the molecule is C=C(CC(CC)CC)C(=O)OC. The summed E-state index contributed by atoms with van der Waals surface area (Å²) in [7, 11) is 1.39. The minimum Gasteiger partial charge on any atom is -0.466 e. The van der Waals surface area contributed by atoms with Crippen LogP contribution >= 0.6 is 0 Å². The predicted octanol–water partition coefficient (Wildman–Crippen LogP) is 2.54. The summed E-state index contributed by atoms with van der Waals surface area (Å²) in [6, 6.07) is 0. The van der Waals surface area contributed by atoms with Gasteiger partial charge in [-0.15, -0.1) is 0 Å². The van der Waals surface area contributed by atoms with Crippen LogP contribution in [0.4, 0.5) is 0 Å². The Balaban J connectivity index is 3.89. The summed E-state index contributed by atoms with van der Waals surface area (Å²) >= 11 is 0. The summed E-state index contributed by atoms with van der Waals surface area (Å²) in [5, 5.41) is 0. The van der Waals surface area contributed by atoms with Gasteiger partial charge in [0.1, 0.15) is 0 Å². The van der Waals surface area contributed by atoms with Crippen molar-refractivity contribution in [2.45, 2.75) is 33.1 Å². The summed E-state index contributed by atoms with van der Waals surface area (Å²) in [6.45, 7) is 7.93. The van der Waals surface area contributed by atoms with Gasteiger partial charge < -0.3 is 4.74 Å². The molecule has 0 aliphatic heterocycles. The highest BCUT2D eigenvalue weighted by Crippen LogP contribution is 2.17. The lowest BCUT2D eigenvalue weighted by Crippen LogP contribution is -2.08. The molecule has 0 aliphatic carbocycles. The fourth-order valence-electron chi connectivity index (χ4n) is 1.15. The number of hydrogen-bond acceptors (Lipinski definition) is 2. The van der Waals surface area contributed by atoms with Crippen LogP contribution in [0.1, 0.15) is 33.1 Å². The molecule has 0 amide bonds. The first-order chi connectivity index (χ1) is 5.65. The number of carbonyl (C=O) groups is 1. The average molecular weight is 170 g/mol. The Morgan fingerprint density at radius 2 is 1.92 bits per heavy atom. The topological polar surface area (TPSA) is 26.3 Å². The van der Waals surface area contributed by atoms with Gasteiger partial charge in [-0.3, -0.25) is 0 Å². The largest absolute Gasteiger partial charge is 0.466 e. The zero-order valence-electron chi connectivity index (χ0n) is 8.22. The number of carbonyl (C=O) groups excluding carboxylic acids is 1. The molecule has 0 saturated carbocycles. The van der Waals surface area contributed by atoms with E-state index in [-0.39, 0.29) is 5.97 Å². The van der Waals surface area contributed by atoms with E-state index in [0.717, 1.165) is 19.3 Å². The smallest absolute Gasteiger partial charge is 0.333 e. The predicted molar refractivity (Wildman–Crippen MR) is 49.8 cm³/mol. The van der Waals surface area contributed by atoms with Crippen LogP contribution in [-0.2, 0) is 9.53 Å². The van der Waals surface area contributed by atoms with Gasteiger partial charge in [-0.25, -0.2) is 4.79 Å². The van der Waals surface area contributed by atoms with E-state index < -0.39 is 0 Å². The molecule has 0 rings (SSSR count). The van der Waals surface area contributed by atoms with E-state index in [0.29, 0.717) is 11.5 Å². The highest BCUT2D eigenvalue weighted by atomic mass is 16.5. The first-order valence-corrected chi connectivity index (χ1v) is 4.41. The van der Waals surface area contributed by atoms with Gasteiger partial charge in [-0.2, -0.15) is 0 Å². The van der Waals surface area contributed by atoms with Crippen molar-refractivity contribution >= 4 is 5.97 Å². The van der Waals surface area contributed by atoms with Crippen LogP contribution < -0.4 is 0 Å². The van der Waals surface area contributed by atoms with Crippen molar-refractivity contribution in [3.05, 3.63) is 12.2 Å². The van der Waals surface area contributed by atoms with Crippen molar-refractivity contribution < 1.29 is 9.53 Å². The molecule has 0 unspecified atom stereocenters. The maximum atomic E-state index is 11.0. The highest BCUT2D eigenvalue weighted by Gasteiger charge is 2.11. The Kier molecular flexibility index (Phi) is 5.43. The molecule has 70 valence electrons. The third kappa shape index (κ3) is 3.56. The lowest BCUT2D eigenvalue weighted by molar-refractivity contribution is -0.136.